The number of nitrogens with zero attached hydrogens (tertiary/aromatic N) is 4. The second-order valence-corrected chi connectivity index (χ2v) is 4.18. The first kappa shape index (κ1) is 13.5. The second-order valence-electron chi connectivity index (χ2n) is 3.48. The molecule has 0 aromatic carbocycles. The van der Waals surface area contributed by atoms with Gasteiger partial charge in [-0.25, -0.2) is 14.6 Å². The van der Waals surface area contributed by atoms with E-state index in [1.54, 1.807) is 11.8 Å². The smallest absolute Gasteiger partial charge is 0.224 e. The highest BCUT2D eigenvalue weighted by atomic mass is 35.5. The summed E-state index contributed by atoms with van der Waals surface area (Å²) < 4.78 is 12.0. The van der Waals surface area contributed by atoms with Crippen molar-refractivity contribution in [3.63, 3.8) is 0 Å². The van der Waals surface area contributed by atoms with Crippen molar-refractivity contribution in [3.05, 3.63) is 16.1 Å². The van der Waals surface area contributed by atoms with E-state index in [9.17, 15) is 0 Å². The minimum atomic E-state index is 0.0841. The molecule has 0 aliphatic heterocycles. The van der Waals surface area contributed by atoms with Crippen molar-refractivity contribution in [2.24, 2.45) is 0 Å². The molecule has 0 saturated heterocycles. The van der Waals surface area contributed by atoms with Gasteiger partial charge in [0.2, 0.25) is 5.28 Å². The number of hydrogen-bond acceptors (Lipinski definition) is 5. The number of fused-ring (bicyclic) bond motifs is 1. The molecule has 0 radical (unpaired) electrons. The van der Waals surface area contributed by atoms with Gasteiger partial charge in [0, 0.05) is 13.7 Å². The van der Waals surface area contributed by atoms with Gasteiger partial charge in [0.25, 0.3) is 0 Å². The van der Waals surface area contributed by atoms with Crippen molar-refractivity contribution in [3.8, 4) is 0 Å². The van der Waals surface area contributed by atoms with E-state index >= 15 is 0 Å². The first-order chi connectivity index (χ1) is 8.67. The van der Waals surface area contributed by atoms with Gasteiger partial charge in [-0.2, -0.15) is 5.10 Å². The van der Waals surface area contributed by atoms with Crippen LogP contribution in [0.4, 0.5) is 0 Å². The SMILES string of the molecule is CCOCn1nc(COC)c2nc(Cl)nc(Cl)c21. The quantitative estimate of drug-likeness (QED) is 0.624. The molecule has 0 fully saturated rings. The van der Waals surface area contributed by atoms with E-state index in [-0.39, 0.29) is 17.2 Å². The standard InChI is InChI=1S/C10H12Cl2N4O2/c1-3-18-5-16-8-7(6(15-16)4-17-2)13-10(12)14-9(8)11/h3-5H2,1-2H3. The molecular weight excluding hydrogens is 279 g/mol. The number of ether oxygens (including phenoxy) is 2. The molecule has 8 heteroatoms. The molecule has 0 atom stereocenters. The van der Waals surface area contributed by atoms with Crippen LogP contribution < -0.4 is 0 Å². The summed E-state index contributed by atoms with van der Waals surface area (Å²) in [5.41, 5.74) is 1.83. The number of methoxy groups -OCH3 is 1. The van der Waals surface area contributed by atoms with Crippen molar-refractivity contribution < 1.29 is 9.47 Å². The summed E-state index contributed by atoms with van der Waals surface area (Å²) >= 11 is 11.9. The number of halogens is 2. The fraction of sp³-hybridized carbons (Fsp3) is 0.500. The van der Waals surface area contributed by atoms with Crippen LogP contribution in [-0.2, 0) is 22.8 Å². The predicted octanol–water partition coefficient (Wildman–Crippen LogP) is 2.27. The van der Waals surface area contributed by atoms with Crippen LogP contribution in [0.1, 0.15) is 12.6 Å². The Morgan fingerprint density at radius 3 is 2.72 bits per heavy atom. The van der Waals surface area contributed by atoms with Crippen LogP contribution >= 0.6 is 23.2 Å². The summed E-state index contributed by atoms with van der Waals surface area (Å²) in [4.78, 5) is 8.04. The van der Waals surface area contributed by atoms with E-state index in [0.717, 1.165) is 0 Å². The third kappa shape index (κ3) is 2.56. The van der Waals surface area contributed by atoms with E-state index in [4.69, 9.17) is 32.7 Å². The van der Waals surface area contributed by atoms with Crippen molar-refractivity contribution in [1.29, 1.82) is 0 Å². The molecule has 0 unspecified atom stereocenters. The van der Waals surface area contributed by atoms with Crippen LogP contribution in [0.2, 0.25) is 10.4 Å². The van der Waals surface area contributed by atoms with E-state index in [1.165, 1.54) is 0 Å². The summed E-state index contributed by atoms with van der Waals surface area (Å²) in [5.74, 6) is 0. The lowest BCUT2D eigenvalue weighted by Gasteiger charge is -2.03. The molecule has 6 nitrogen and oxygen atoms in total. The third-order valence-corrected chi connectivity index (χ3v) is 2.72. The molecule has 98 valence electrons. The van der Waals surface area contributed by atoms with E-state index in [1.807, 2.05) is 6.92 Å². The topological polar surface area (TPSA) is 62.1 Å². The van der Waals surface area contributed by atoms with E-state index in [0.29, 0.717) is 29.9 Å². The zero-order chi connectivity index (χ0) is 13.1. The molecule has 2 rings (SSSR count). The Kier molecular flexibility index (Phi) is 4.34. The minimum Gasteiger partial charge on any atom is -0.378 e. The Morgan fingerprint density at radius 1 is 1.28 bits per heavy atom. The first-order valence-electron chi connectivity index (χ1n) is 5.32. The van der Waals surface area contributed by atoms with Gasteiger partial charge in [0.1, 0.15) is 23.5 Å². The average molecular weight is 291 g/mol. The lowest BCUT2D eigenvalue weighted by molar-refractivity contribution is 0.0810. The molecule has 0 spiro atoms. The Morgan fingerprint density at radius 2 is 2.06 bits per heavy atom. The zero-order valence-electron chi connectivity index (χ0n) is 9.98. The highest BCUT2D eigenvalue weighted by molar-refractivity contribution is 6.35. The molecule has 0 aliphatic carbocycles. The molecule has 0 bridgehead atoms. The lowest BCUT2D eigenvalue weighted by Crippen LogP contribution is -2.05. The molecule has 2 aromatic heterocycles. The van der Waals surface area contributed by atoms with E-state index < -0.39 is 0 Å². The Balaban J connectivity index is 2.56. The fourth-order valence-electron chi connectivity index (χ4n) is 1.58. The molecule has 2 heterocycles. The van der Waals surface area contributed by atoms with Crippen molar-refractivity contribution in [2.75, 3.05) is 13.7 Å². The normalized spacial score (nSPS) is 11.3. The van der Waals surface area contributed by atoms with E-state index in [2.05, 4.69) is 15.1 Å². The summed E-state index contributed by atoms with van der Waals surface area (Å²) in [7, 11) is 1.58. The summed E-state index contributed by atoms with van der Waals surface area (Å²) in [6.07, 6.45) is 0. The van der Waals surface area contributed by atoms with Crippen LogP contribution in [0, 0.1) is 0 Å². The van der Waals surface area contributed by atoms with Crippen molar-refractivity contribution >= 4 is 34.2 Å². The van der Waals surface area contributed by atoms with Gasteiger partial charge in [-0.3, -0.25) is 0 Å². The molecular formula is C10H12Cl2N4O2. The Labute approximate surface area is 114 Å². The minimum absolute atomic E-state index is 0.0841. The van der Waals surface area contributed by atoms with Gasteiger partial charge in [0.15, 0.2) is 5.15 Å². The molecule has 0 amide bonds. The van der Waals surface area contributed by atoms with Crippen molar-refractivity contribution in [2.45, 2.75) is 20.3 Å². The van der Waals surface area contributed by atoms with Gasteiger partial charge in [-0.15, -0.1) is 0 Å². The van der Waals surface area contributed by atoms with Crippen LogP contribution in [0.15, 0.2) is 0 Å². The monoisotopic (exact) mass is 290 g/mol. The predicted molar refractivity (Wildman–Crippen MR) is 67.7 cm³/mol. The average Bonchev–Trinajstić information content (AvgIpc) is 2.65. The van der Waals surface area contributed by atoms with Gasteiger partial charge < -0.3 is 9.47 Å². The Hall–Kier alpha value is -0.950. The Bertz CT molecular complexity index is 558. The second kappa shape index (κ2) is 5.79. The highest BCUT2D eigenvalue weighted by Crippen LogP contribution is 2.25. The molecule has 18 heavy (non-hydrogen) atoms. The van der Waals surface area contributed by atoms with Gasteiger partial charge in [-0.05, 0) is 18.5 Å². The first-order valence-corrected chi connectivity index (χ1v) is 6.08. The largest absolute Gasteiger partial charge is 0.378 e. The summed E-state index contributed by atoms with van der Waals surface area (Å²) in [6.45, 7) is 3.07. The summed E-state index contributed by atoms with van der Waals surface area (Å²) in [5, 5.41) is 4.67. The maximum absolute atomic E-state index is 6.07. The maximum Gasteiger partial charge on any atom is 0.224 e. The number of rotatable bonds is 5. The maximum atomic E-state index is 6.07. The van der Waals surface area contributed by atoms with Crippen molar-refractivity contribution in [1.82, 2.24) is 19.7 Å². The van der Waals surface area contributed by atoms with Gasteiger partial charge >= 0.3 is 0 Å². The highest BCUT2D eigenvalue weighted by Gasteiger charge is 2.17. The summed E-state index contributed by atoms with van der Waals surface area (Å²) in [6, 6.07) is 0. The lowest BCUT2D eigenvalue weighted by atomic mass is 10.3. The zero-order valence-corrected chi connectivity index (χ0v) is 11.5. The molecule has 0 N–H and O–H groups in total. The number of aromatic nitrogens is 4. The van der Waals surface area contributed by atoms with Crippen LogP contribution in [0.3, 0.4) is 0 Å². The van der Waals surface area contributed by atoms with Crippen LogP contribution in [0.5, 0.6) is 0 Å². The number of hydrogen-bond donors (Lipinski definition) is 0. The van der Waals surface area contributed by atoms with Gasteiger partial charge in [0.05, 0.1) is 6.61 Å². The fourth-order valence-corrected chi connectivity index (χ4v) is 2.06. The van der Waals surface area contributed by atoms with Crippen LogP contribution in [0.25, 0.3) is 11.0 Å². The van der Waals surface area contributed by atoms with Crippen LogP contribution in [-0.4, -0.2) is 33.5 Å². The molecule has 0 saturated carbocycles. The third-order valence-electron chi connectivity index (χ3n) is 2.29. The molecule has 2 aromatic rings. The molecule has 0 aliphatic rings. The van der Waals surface area contributed by atoms with Gasteiger partial charge in [-0.1, -0.05) is 11.6 Å².